The lowest BCUT2D eigenvalue weighted by Gasteiger charge is -2.33. The molecule has 0 aliphatic carbocycles. The van der Waals surface area contributed by atoms with Crippen LogP contribution < -0.4 is 10.6 Å². The van der Waals surface area contributed by atoms with Crippen molar-refractivity contribution in [2.45, 2.75) is 26.7 Å². The molecule has 2 N–H and O–H groups in total. The van der Waals surface area contributed by atoms with Crippen LogP contribution in [0.4, 0.5) is 15.6 Å². The molecule has 29 heavy (non-hydrogen) atoms. The smallest absolute Gasteiger partial charge is 0.323 e. The van der Waals surface area contributed by atoms with Gasteiger partial charge in [-0.1, -0.05) is 19.1 Å². The first-order valence-electron chi connectivity index (χ1n) is 9.59. The molecule has 0 bridgehead atoms. The summed E-state index contributed by atoms with van der Waals surface area (Å²) in [6.45, 7) is 5.66. The number of anilines is 2. The molecular weight excluding hydrogens is 390 g/mol. The highest BCUT2D eigenvalue weighted by molar-refractivity contribution is 7.13. The summed E-state index contributed by atoms with van der Waals surface area (Å²) in [5.41, 5.74) is 2.57. The number of rotatable bonds is 5. The van der Waals surface area contributed by atoms with Gasteiger partial charge in [-0.2, -0.15) is 0 Å². The van der Waals surface area contributed by atoms with Gasteiger partial charge in [-0.3, -0.25) is 14.9 Å². The Balaban J connectivity index is 1.48. The molecule has 8 nitrogen and oxygen atoms in total. The summed E-state index contributed by atoms with van der Waals surface area (Å²) < 4.78 is 0. The lowest BCUT2D eigenvalue weighted by molar-refractivity contribution is -0.130. The zero-order valence-electron chi connectivity index (χ0n) is 16.6. The van der Waals surface area contributed by atoms with Gasteiger partial charge in [0.15, 0.2) is 5.13 Å². The monoisotopic (exact) mass is 415 g/mol. The number of aromatic nitrogens is 1. The van der Waals surface area contributed by atoms with E-state index in [1.807, 2.05) is 24.3 Å². The number of benzene rings is 1. The Morgan fingerprint density at radius 3 is 2.31 bits per heavy atom. The van der Waals surface area contributed by atoms with Gasteiger partial charge in [-0.25, -0.2) is 9.78 Å². The molecule has 1 aromatic heterocycles. The van der Waals surface area contributed by atoms with Crippen molar-refractivity contribution in [1.29, 1.82) is 0 Å². The third-order valence-electron chi connectivity index (χ3n) is 4.77. The van der Waals surface area contributed by atoms with Gasteiger partial charge >= 0.3 is 6.03 Å². The fraction of sp³-hybridized carbons (Fsp3) is 0.400. The van der Waals surface area contributed by atoms with Crippen molar-refractivity contribution in [3.63, 3.8) is 0 Å². The SMILES string of the molecule is CCc1ccc(NC(=O)Cc2csc(NC(=O)N3CCN(C(C)=O)CC3)n2)cc1. The topological polar surface area (TPSA) is 94.6 Å². The predicted molar refractivity (Wildman–Crippen MR) is 113 cm³/mol. The Morgan fingerprint density at radius 1 is 1.03 bits per heavy atom. The van der Waals surface area contributed by atoms with E-state index in [0.717, 1.165) is 12.1 Å². The second-order valence-corrected chi connectivity index (χ2v) is 7.70. The van der Waals surface area contributed by atoms with E-state index in [1.165, 1.54) is 23.8 Å². The molecule has 2 aromatic rings. The average molecular weight is 416 g/mol. The normalized spacial score (nSPS) is 13.9. The molecule has 0 unspecified atom stereocenters. The van der Waals surface area contributed by atoms with Gasteiger partial charge in [-0.05, 0) is 24.1 Å². The van der Waals surface area contributed by atoms with Crippen LogP contribution in [0, 0.1) is 0 Å². The Morgan fingerprint density at radius 2 is 1.69 bits per heavy atom. The highest BCUT2D eigenvalue weighted by Crippen LogP contribution is 2.18. The van der Waals surface area contributed by atoms with E-state index in [0.29, 0.717) is 37.0 Å². The van der Waals surface area contributed by atoms with Gasteiger partial charge < -0.3 is 15.1 Å². The molecule has 0 radical (unpaired) electrons. The Labute approximate surface area is 173 Å². The molecule has 1 fully saturated rings. The summed E-state index contributed by atoms with van der Waals surface area (Å²) in [7, 11) is 0. The molecule has 0 spiro atoms. The van der Waals surface area contributed by atoms with Crippen LogP contribution in [0.5, 0.6) is 0 Å². The zero-order valence-corrected chi connectivity index (χ0v) is 17.4. The van der Waals surface area contributed by atoms with Crippen molar-refractivity contribution < 1.29 is 14.4 Å². The molecule has 1 aliphatic rings. The van der Waals surface area contributed by atoms with Crippen LogP contribution in [-0.4, -0.2) is 58.8 Å². The Kier molecular flexibility index (Phi) is 6.82. The highest BCUT2D eigenvalue weighted by atomic mass is 32.1. The number of thiazole rings is 1. The first-order valence-corrected chi connectivity index (χ1v) is 10.5. The average Bonchev–Trinajstić information content (AvgIpc) is 3.15. The van der Waals surface area contributed by atoms with Gasteiger partial charge in [-0.15, -0.1) is 11.3 Å². The molecule has 154 valence electrons. The minimum Gasteiger partial charge on any atom is -0.339 e. The summed E-state index contributed by atoms with van der Waals surface area (Å²) in [6.07, 6.45) is 1.09. The highest BCUT2D eigenvalue weighted by Gasteiger charge is 2.23. The van der Waals surface area contributed by atoms with Crippen molar-refractivity contribution in [3.8, 4) is 0 Å². The first-order chi connectivity index (χ1) is 13.9. The summed E-state index contributed by atoms with van der Waals surface area (Å²) in [6, 6.07) is 7.50. The van der Waals surface area contributed by atoms with Crippen molar-refractivity contribution in [2.75, 3.05) is 36.8 Å². The molecule has 9 heteroatoms. The number of carbonyl (C=O) groups excluding carboxylic acids is 3. The molecule has 1 aliphatic heterocycles. The molecule has 0 atom stereocenters. The molecule has 4 amide bonds. The van der Waals surface area contributed by atoms with Crippen LogP contribution in [0.2, 0.25) is 0 Å². The van der Waals surface area contributed by atoms with Gasteiger partial charge in [0.1, 0.15) is 0 Å². The van der Waals surface area contributed by atoms with Crippen molar-refractivity contribution in [3.05, 3.63) is 40.9 Å². The number of nitrogens with one attached hydrogen (secondary N) is 2. The molecule has 3 rings (SSSR count). The zero-order chi connectivity index (χ0) is 20.8. The van der Waals surface area contributed by atoms with Crippen LogP contribution in [0.3, 0.4) is 0 Å². The number of nitrogens with zero attached hydrogens (tertiary/aromatic N) is 3. The van der Waals surface area contributed by atoms with E-state index in [4.69, 9.17) is 0 Å². The number of urea groups is 1. The summed E-state index contributed by atoms with van der Waals surface area (Å²) in [5, 5.41) is 7.85. The van der Waals surface area contributed by atoms with Crippen LogP contribution >= 0.6 is 11.3 Å². The van der Waals surface area contributed by atoms with Gasteiger partial charge in [0.05, 0.1) is 12.1 Å². The quantitative estimate of drug-likeness (QED) is 0.785. The lowest BCUT2D eigenvalue weighted by atomic mass is 10.1. The van der Waals surface area contributed by atoms with Crippen molar-refractivity contribution in [2.24, 2.45) is 0 Å². The van der Waals surface area contributed by atoms with Crippen LogP contribution in [0.1, 0.15) is 25.1 Å². The number of amides is 4. The summed E-state index contributed by atoms with van der Waals surface area (Å²) in [5.74, 6) is -0.132. The second kappa shape index (κ2) is 9.51. The van der Waals surface area contributed by atoms with Gasteiger partial charge in [0, 0.05) is 44.2 Å². The number of carbonyl (C=O) groups is 3. The maximum Gasteiger partial charge on any atom is 0.323 e. The largest absolute Gasteiger partial charge is 0.339 e. The lowest BCUT2D eigenvalue weighted by Crippen LogP contribution is -2.51. The van der Waals surface area contributed by atoms with Crippen LogP contribution in [-0.2, 0) is 22.4 Å². The van der Waals surface area contributed by atoms with Crippen LogP contribution in [0.25, 0.3) is 0 Å². The number of aryl methyl sites for hydroxylation is 1. The van der Waals surface area contributed by atoms with Crippen molar-refractivity contribution in [1.82, 2.24) is 14.8 Å². The molecule has 1 aromatic carbocycles. The summed E-state index contributed by atoms with van der Waals surface area (Å²) >= 11 is 1.29. The van der Waals surface area contributed by atoms with E-state index in [1.54, 1.807) is 15.2 Å². The Hall–Kier alpha value is -2.94. The van der Waals surface area contributed by atoms with E-state index < -0.39 is 0 Å². The summed E-state index contributed by atoms with van der Waals surface area (Å²) in [4.78, 5) is 43.7. The van der Waals surface area contributed by atoms with E-state index in [-0.39, 0.29) is 24.3 Å². The first kappa shape index (κ1) is 20.8. The number of hydrogen-bond acceptors (Lipinski definition) is 5. The predicted octanol–water partition coefficient (Wildman–Crippen LogP) is 2.58. The number of piperazine rings is 1. The molecule has 2 heterocycles. The fourth-order valence-electron chi connectivity index (χ4n) is 3.03. The maximum absolute atomic E-state index is 12.4. The molecule has 1 saturated heterocycles. The van der Waals surface area contributed by atoms with E-state index in [9.17, 15) is 14.4 Å². The van der Waals surface area contributed by atoms with Gasteiger partial charge in [0.25, 0.3) is 0 Å². The third-order valence-corrected chi connectivity index (χ3v) is 5.57. The fourth-order valence-corrected chi connectivity index (χ4v) is 3.73. The van der Waals surface area contributed by atoms with E-state index >= 15 is 0 Å². The van der Waals surface area contributed by atoms with Gasteiger partial charge in [0.2, 0.25) is 11.8 Å². The second-order valence-electron chi connectivity index (χ2n) is 6.84. The Bertz CT molecular complexity index is 872. The molecule has 0 saturated carbocycles. The number of hydrogen-bond donors (Lipinski definition) is 2. The minimum atomic E-state index is -0.241. The third kappa shape index (κ3) is 5.77. The van der Waals surface area contributed by atoms with E-state index in [2.05, 4.69) is 22.5 Å². The van der Waals surface area contributed by atoms with Crippen molar-refractivity contribution >= 4 is 40.0 Å². The van der Waals surface area contributed by atoms with Crippen LogP contribution in [0.15, 0.2) is 29.6 Å². The molecular formula is C20H25N5O3S. The minimum absolute atomic E-state index is 0.0224. The maximum atomic E-state index is 12.4. The standard InChI is InChI=1S/C20H25N5O3S/c1-3-15-4-6-16(7-5-15)21-18(27)12-17-13-29-19(22-17)23-20(28)25-10-8-24(9-11-25)14(2)26/h4-7,13H,3,8-12H2,1-2H3,(H,21,27)(H,22,23,28).